The molecule has 0 amide bonds. The van der Waals surface area contributed by atoms with Crippen LogP contribution in [0.25, 0.3) is 44.5 Å². The number of nitrogens with zero attached hydrogens (tertiary/aromatic N) is 2. The Hall–Kier alpha value is -7.88. The lowest BCUT2D eigenvalue weighted by molar-refractivity contribution is 0.563. The van der Waals surface area contributed by atoms with E-state index in [0.29, 0.717) is 5.84 Å². The van der Waals surface area contributed by atoms with Crippen molar-refractivity contribution in [2.75, 3.05) is 0 Å². The summed E-state index contributed by atoms with van der Waals surface area (Å²) in [5, 5.41) is 3.70. The number of fused-ring (bicyclic) bond motifs is 9. The zero-order valence-corrected chi connectivity index (χ0v) is 35.8. The Morgan fingerprint density at radius 1 is 0.359 bits per heavy atom. The van der Waals surface area contributed by atoms with Crippen molar-refractivity contribution in [3.8, 4) is 44.5 Å². The monoisotopic (exact) mass is 819 g/mol. The fourth-order valence-electron chi connectivity index (χ4n) is 10.7. The van der Waals surface area contributed by atoms with Gasteiger partial charge in [-0.2, -0.15) is 0 Å². The van der Waals surface area contributed by atoms with E-state index in [1.165, 1.54) is 66.8 Å². The van der Waals surface area contributed by atoms with Crippen LogP contribution in [0, 0.1) is 0 Å². The van der Waals surface area contributed by atoms with E-state index in [-0.39, 0.29) is 11.6 Å². The molecule has 2 aliphatic carbocycles. The van der Waals surface area contributed by atoms with Crippen LogP contribution in [-0.4, -0.2) is 11.7 Å². The first-order valence-electron chi connectivity index (χ1n) is 22.3. The molecular weight excluding hydrogens is 775 g/mol. The minimum absolute atomic E-state index is 0.132. The Bertz CT molecular complexity index is 3260. The molecule has 3 heteroatoms. The molecule has 9 aromatic rings. The van der Waals surface area contributed by atoms with Gasteiger partial charge in [0, 0.05) is 16.5 Å². The third-order valence-corrected chi connectivity index (χ3v) is 13.8. The summed E-state index contributed by atoms with van der Waals surface area (Å²) in [6.07, 6.45) is -0.330. The molecule has 1 N–H and O–H groups in total. The van der Waals surface area contributed by atoms with Gasteiger partial charge in [0.2, 0.25) is 0 Å². The second-order valence-electron chi connectivity index (χ2n) is 17.7. The number of aliphatic imine (C=N–C) groups is 2. The minimum Gasteiger partial charge on any atom is -0.344 e. The van der Waals surface area contributed by atoms with E-state index < -0.39 is 5.41 Å². The van der Waals surface area contributed by atoms with E-state index in [1.54, 1.807) is 0 Å². The molecule has 0 bridgehead atoms. The largest absolute Gasteiger partial charge is 0.344 e. The second kappa shape index (κ2) is 14.9. The molecule has 3 nitrogen and oxygen atoms in total. The van der Waals surface area contributed by atoms with Gasteiger partial charge in [-0.3, -0.25) is 0 Å². The van der Waals surface area contributed by atoms with Crippen molar-refractivity contribution >= 4 is 11.7 Å². The van der Waals surface area contributed by atoms with Gasteiger partial charge in [-0.25, -0.2) is 9.98 Å². The first kappa shape index (κ1) is 37.8. The third kappa shape index (κ3) is 5.96. The van der Waals surface area contributed by atoms with Crippen molar-refractivity contribution in [1.82, 2.24) is 5.32 Å². The fraction of sp³-hybridized carbons (Fsp3) is 0.0820. The molecule has 1 unspecified atom stereocenters. The number of hydrogen-bond donors (Lipinski definition) is 1. The Labute approximate surface area is 375 Å². The van der Waals surface area contributed by atoms with E-state index in [4.69, 9.17) is 9.98 Å². The van der Waals surface area contributed by atoms with Gasteiger partial charge in [0.15, 0.2) is 5.84 Å². The van der Waals surface area contributed by atoms with Gasteiger partial charge < -0.3 is 5.32 Å². The van der Waals surface area contributed by atoms with Crippen LogP contribution in [0.15, 0.2) is 234 Å². The number of amidine groups is 2. The average Bonchev–Trinajstić information content (AvgIpc) is 3.66. The van der Waals surface area contributed by atoms with Crippen molar-refractivity contribution in [3.63, 3.8) is 0 Å². The molecular formula is C61H45N3. The summed E-state index contributed by atoms with van der Waals surface area (Å²) in [7, 11) is 0. The molecule has 1 spiro atoms. The standard InChI is InChI=1S/C61H45N3/c1-60(2)53-24-11-13-26-55(53)61(56-27-14-12-25-54(56)60)51-23-10-9-22-49(51)50-39-47(36-37-52(50)61)46-20-15-21-48(38-46)59-63-57(44-32-28-42(29-33-44)40-16-5-3-6-17-40)62-58(64-59)45-34-30-43(31-35-45)41-18-7-4-8-19-41/h3-39,57H,1-2H3,(H,62,63,64). The molecule has 3 aliphatic rings. The Kier molecular flexibility index (Phi) is 8.81. The molecule has 1 heterocycles. The lowest BCUT2D eigenvalue weighted by atomic mass is 9.55. The third-order valence-electron chi connectivity index (χ3n) is 13.8. The molecule has 1 atom stereocenters. The SMILES string of the molecule is CC1(C)c2ccccc2C2(c3ccccc3-c3cc(-c4cccc(C5=NC(c6ccc(-c7ccccc7)cc6)NC(c6ccc(-c7ccccc7)cc6)=N5)c4)ccc32)c2ccccc21. The summed E-state index contributed by atoms with van der Waals surface area (Å²) < 4.78 is 0. The van der Waals surface area contributed by atoms with E-state index in [1.807, 2.05) is 0 Å². The number of nitrogens with one attached hydrogen (secondary N) is 1. The van der Waals surface area contributed by atoms with Crippen molar-refractivity contribution < 1.29 is 0 Å². The van der Waals surface area contributed by atoms with E-state index >= 15 is 0 Å². The van der Waals surface area contributed by atoms with Gasteiger partial charge in [-0.15, -0.1) is 0 Å². The van der Waals surface area contributed by atoms with Crippen LogP contribution >= 0.6 is 0 Å². The van der Waals surface area contributed by atoms with E-state index in [0.717, 1.165) is 33.7 Å². The van der Waals surface area contributed by atoms with Gasteiger partial charge >= 0.3 is 0 Å². The van der Waals surface area contributed by atoms with Crippen LogP contribution in [-0.2, 0) is 10.8 Å². The van der Waals surface area contributed by atoms with Gasteiger partial charge in [0.25, 0.3) is 0 Å². The van der Waals surface area contributed by atoms with Crippen LogP contribution in [0.1, 0.15) is 70.1 Å². The summed E-state index contributed by atoms with van der Waals surface area (Å²) in [5.41, 5.74) is 20.2. The van der Waals surface area contributed by atoms with Crippen LogP contribution in [0.4, 0.5) is 0 Å². The lowest BCUT2D eigenvalue weighted by Crippen LogP contribution is -2.40. The molecule has 64 heavy (non-hydrogen) atoms. The van der Waals surface area contributed by atoms with Gasteiger partial charge in [0.1, 0.15) is 12.0 Å². The normalized spacial score (nSPS) is 16.1. The predicted molar refractivity (Wildman–Crippen MR) is 264 cm³/mol. The number of benzene rings is 9. The maximum absolute atomic E-state index is 5.32. The van der Waals surface area contributed by atoms with Crippen LogP contribution in [0.5, 0.6) is 0 Å². The van der Waals surface area contributed by atoms with Gasteiger partial charge in [-0.05, 0) is 95.6 Å². The molecule has 0 radical (unpaired) electrons. The fourth-order valence-corrected chi connectivity index (χ4v) is 10.7. The molecule has 304 valence electrons. The lowest BCUT2D eigenvalue weighted by Gasteiger charge is -2.46. The highest BCUT2D eigenvalue weighted by Crippen LogP contribution is 2.62. The molecule has 0 fully saturated rings. The Morgan fingerprint density at radius 3 is 1.45 bits per heavy atom. The topological polar surface area (TPSA) is 36.8 Å². The first-order chi connectivity index (χ1) is 31.5. The highest BCUT2D eigenvalue weighted by Gasteiger charge is 2.53. The molecule has 0 saturated heterocycles. The average molecular weight is 820 g/mol. The molecule has 0 saturated carbocycles. The van der Waals surface area contributed by atoms with Crippen molar-refractivity contribution in [1.29, 1.82) is 0 Å². The highest BCUT2D eigenvalue weighted by atomic mass is 15.2. The molecule has 0 aromatic heterocycles. The highest BCUT2D eigenvalue weighted by molar-refractivity contribution is 6.13. The summed E-state index contributed by atoms with van der Waals surface area (Å²) in [6, 6.07) is 81.6. The van der Waals surface area contributed by atoms with Crippen LogP contribution in [0.2, 0.25) is 0 Å². The van der Waals surface area contributed by atoms with Crippen molar-refractivity contribution in [2.24, 2.45) is 9.98 Å². The molecule has 9 aromatic carbocycles. The summed E-state index contributed by atoms with van der Waals surface area (Å²) in [6.45, 7) is 4.75. The molecule has 12 rings (SSSR count). The van der Waals surface area contributed by atoms with Crippen molar-refractivity contribution in [3.05, 3.63) is 275 Å². The maximum atomic E-state index is 5.32. The van der Waals surface area contributed by atoms with Gasteiger partial charge in [0.05, 0.1) is 5.41 Å². The first-order valence-corrected chi connectivity index (χ1v) is 22.3. The predicted octanol–water partition coefficient (Wildman–Crippen LogP) is 14.2. The smallest absolute Gasteiger partial charge is 0.159 e. The quantitative estimate of drug-likeness (QED) is 0.178. The van der Waals surface area contributed by atoms with Crippen molar-refractivity contribution in [2.45, 2.75) is 30.8 Å². The number of hydrogen-bond acceptors (Lipinski definition) is 3. The summed E-state index contributed by atoms with van der Waals surface area (Å²) >= 11 is 0. The minimum atomic E-state index is -0.419. The van der Waals surface area contributed by atoms with Crippen LogP contribution < -0.4 is 5.32 Å². The van der Waals surface area contributed by atoms with Gasteiger partial charge in [-0.1, -0.05) is 226 Å². The zero-order chi connectivity index (χ0) is 42.8. The summed E-state index contributed by atoms with van der Waals surface area (Å²) in [5.74, 6) is 1.49. The van der Waals surface area contributed by atoms with Crippen LogP contribution in [0.3, 0.4) is 0 Å². The summed E-state index contributed by atoms with van der Waals surface area (Å²) in [4.78, 5) is 10.6. The number of rotatable bonds is 6. The van der Waals surface area contributed by atoms with E-state index in [9.17, 15) is 0 Å². The second-order valence-corrected chi connectivity index (χ2v) is 17.7. The Balaban J connectivity index is 0.960. The zero-order valence-electron chi connectivity index (χ0n) is 35.8. The molecule has 1 aliphatic heterocycles. The Morgan fingerprint density at radius 2 is 0.812 bits per heavy atom. The van der Waals surface area contributed by atoms with E-state index in [2.05, 4.69) is 244 Å². The maximum Gasteiger partial charge on any atom is 0.159 e.